The third-order valence-corrected chi connectivity index (χ3v) is 9.04. The van der Waals surface area contributed by atoms with Crippen LogP contribution < -0.4 is 10.2 Å². The largest absolute Gasteiger partial charge is 0.371 e. The molecule has 2 saturated carbocycles. The summed E-state index contributed by atoms with van der Waals surface area (Å²) < 4.78 is 26.5. The second-order valence-electron chi connectivity index (χ2n) is 9.26. The van der Waals surface area contributed by atoms with E-state index in [0.29, 0.717) is 11.5 Å². The maximum atomic E-state index is 13.3. The van der Waals surface area contributed by atoms with Crippen LogP contribution in [-0.4, -0.2) is 51.9 Å². The molecule has 1 aromatic carbocycles. The molecule has 1 aliphatic heterocycles. The highest BCUT2D eigenvalue weighted by Gasteiger charge is 2.42. The lowest BCUT2D eigenvalue weighted by Crippen LogP contribution is -2.40. The van der Waals surface area contributed by atoms with Crippen LogP contribution in [0.3, 0.4) is 0 Å². The third-order valence-electron chi connectivity index (χ3n) is 7.23. The number of benzene rings is 1. The molecule has 2 aliphatic carbocycles. The van der Waals surface area contributed by atoms with Crippen molar-refractivity contribution < 1.29 is 13.2 Å². The Morgan fingerprint density at radius 1 is 1.17 bits per heavy atom. The van der Waals surface area contributed by atoms with Crippen LogP contribution in [0, 0.1) is 17.8 Å². The van der Waals surface area contributed by atoms with E-state index in [2.05, 4.69) is 17.1 Å². The van der Waals surface area contributed by atoms with Gasteiger partial charge in [0.2, 0.25) is 10.0 Å². The van der Waals surface area contributed by atoms with Gasteiger partial charge in [-0.2, -0.15) is 0 Å². The van der Waals surface area contributed by atoms with E-state index >= 15 is 0 Å². The Labute approximate surface area is 174 Å². The van der Waals surface area contributed by atoms with Gasteiger partial charge in [-0.15, -0.1) is 0 Å². The summed E-state index contributed by atoms with van der Waals surface area (Å²) in [7, 11) is -0.560. The fourth-order valence-corrected chi connectivity index (χ4v) is 6.53. The van der Waals surface area contributed by atoms with Gasteiger partial charge in [0.1, 0.15) is 0 Å². The fourth-order valence-electron chi connectivity index (χ4n) is 5.60. The van der Waals surface area contributed by atoms with Crippen LogP contribution in [0.15, 0.2) is 23.1 Å². The maximum Gasteiger partial charge on any atom is 0.253 e. The molecule has 0 radical (unpaired) electrons. The molecule has 0 spiro atoms. The zero-order chi connectivity index (χ0) is 20.8. The minimum absolute atomic E-state index is 0.110. The summed E-state index contributed by atoms with van der Waals surface area (Å²) in [6.45, 7) is 3.92. The lowest BCUT2D eigenvalue weighted by atomic mass is 9.84. The monoisotopic (exact) mass is 419 g/mol. The van der Waals surface area contributed by atoms with Crippen molar-refractivity contribution in [3.8, 4) is 0 Å². The predicted molar refractivity (Wildman–Crippen MR) is 115 cm³/mol. The molecular weight excluding hydrogens is 386 g/mol. The molecule has 160 valence electrons. The SMILES string of the molecule is C[C@@H](NC(=O)c1cc(S(=O)(=O)N(C)C)ccc1N1CCCC1)[C@H]1C[C@H]2CC[C@H]1C2. The summed E-state index contributed by atoms with van der Waals surface area (Å²) in [5, 5.41) is 3.22. The average molecular weight is 420 g/mol. The van der Waals surface area contributed by atoms with E-state index in [1.807, 2.05) is 0 Å². The van der Waals surface area contributed by atoms with Crippen LogP contribution >= 0.6 is 0 Å². The van der Waals surface area contributed by atoms with Crippen molar-refractivity contribution in [3.05, 3.63) is 23.8 Å². The summed E-state index contributed by atoms with van der Waals surface area (Å²) in [5.41, 5.74) is 1.32. The number of rotatable bonds is 6. The highest BCUT2D eigenvalue weighted by Crippen LogP contribution is 2.49. The number of nitrogens with one attached hydrogen (secondary N) is 1. The summed E-state index contributed by atoms with van der Waals surface area (Å²) in [6.07, 6.45) is 7.33. The Bertz CT molecular complexity index is 877. The van der Waals surface area contributed by atoms with E-state index in [1.54, 1.807) is 18.2 Å². The van der Waals surface area contributed by atoms with Gasteiger partial charge in [-0.3, -0.25) is 4.79 Å². The minimum Gasteiger partial charge on any atom is -0.371 e. The normalized spacial score (nSPS) is 27.6. The highest BCUT2D eigenvalue weighted by molar-refractivity contribution is 7.89. The van der Waals surface area contributed by atoms with Gasteiger partial charge in [-0.25, -0.2) is 12.7 Å². The number of sulfonamides is 1. The number of carbonyl (C=O) groups is 1. The van der Waals surface area contributed by atoms with Crippen molar-refractivity contribution in [1.82, 2.24) is 9.62 Å². The lowest BCUT2D eigenvalue weighted by molar-refractivity contribution is 0.0915. The smallest absolute Gasteiger partial charge is 0.253 e. The first-order valence-corrected chi connectivity index (χ1v) is 12.3. The van der Waals surface area contributed by atoms with Gasteiger partial charge in [0.25, 0.3) is 5.91 Å². The first kappa shape index (κ1) is 20.7. The van der Waals surface area contributed by atoms with Crippen LogP contribution in [0.25, 0.3) is 0 Å². The van der Waals surface area contributed by atoms with E-state index in [1.165, 1.54) is 44.1 Å². The van der Waals surface area contributed by atoms with Crippen molar-refractivity contribution in [3.63, 3.8) is 0 Å². The molecule has 1 N–H and O–H groups in total. The first-order valence-electron chi connectivity index (χ1n) is 10.9. The van der Waals surface area contributed by atoms with Crippen LogP contribution in [0.4, 0.5) is 5.69 Å². The molecular formula is C22H33N3O3S. The molecule has 2 bridgehead atoms. The van der Waals surface area contributed by atoms with Gasteiger partial charge in [-0.1, -0.05) is 6.42 Å². The van der Waals surface area contributed by atoms with Crippen LogP contribution in [0.2, 0.25) is 0 Å². The van der Waals surface area contributed by atoms with Gasteiger partial charge >= 0.3 is 0 Å². The van der Waals surface area contributed by atoms with E-state index in [9.17, 15) is 13.2 Å². The van der Waals surface area contributed by atoms with E-state index in [0.717, 1.165) is 43.5 Å². The van der Waals surface area contributed by atoms with E-state index in [-0.39, 0.29) is 16.8 Å². The molecule has 29 heavy (non-hydrogen) atoms. The minimum atomic E-state index is -3.59. The molecule has 0 aromatic heterocycles. The number of hydrogen-bond donors (Lipinski definition) is 1. The molecule has 4 atom stereocenters. The quantitative estimate of drug-likeness (QED) is 0.769. The number of amides is 1. The summed E-state index contributed by atoms with van der Waals surface area (Å²) in [6, 6.07) is 5.10. The van der Waals surface area contributed by atoms with Crippen molar-refractivity contribution in [2.75, 3.05) is 32.1 Å². The van der Waals surface area contributed by atoms with Crippen molar-refractivity contribution in [1.29, 1.82) is 0 Å². The Kier molecular flexibility index (Phi) is 5.64. The third kappa shape index (κ3) is 3.91. The van der Waals surface area contributed by atoms with Gasteiger partial charge in [0.05, 0.1) is 10.5 Å². The van der Waals surface area contributed by atoms with Crippen LogP contribution in [-0.2, 0) is 10.0 Å². The molecule has 1 heterocycles. The van der Waals surface area contributed by atoms with Gasteiger partial charge < -0.3 is 10.2 Å². The second kappa shape index (κ2) is 7.91. The standard InChI is InChI=1S/C22H33N3O3S/c1-15(19-13-16-6-7-17(19)12-16)23-22(26)20-14-18(29(27,28)24(2)3)8-9-21(20)25-10-4-5-11-25/h8-9,14-17,19H,4-7,10-13H2,1-3H3,(H,23,26)/t15-,16+,17+,19-/m1/s1. The van der Waals surface area contributed by atoms with Gasteiger partial charge in [0.15, 0.2) is 0 Å². The van der Waals surface area contributed by atoms with Crippen LogP contribution in [0.5, 0.6) is 0 Å². The zero-order valence-electron chi connectivity index (χ0n) is 17.7. The van der Waals surface area contributed by atoms with Crippen molar-refractivity contribution >= 4 is 21.6 Å². The topological polar surface area (TPSA) is 69.7 Å². The number of fused-ring (bicyclic) bond motifs is 2. The second-order valence-corrected chi connectivity index (χ2v) is 11.4. The number of anilines is 1. The molecule has 1 aromatic rings. The fraction of sp³-hybridized carbons (Fsp3) is 0.682. The van der Waals surface area contributed by atoms with Crippen LogP contribution in [0.1, 0.15) is 55.8 Å². The van der Waals surface area contributed by atoms with E-state index < -0.39 is 10.0 Å². The van der Waals surface area contributed by atoms with E-state index in [4.69, 9.17) is 0 Å². The summed E-state index contributed by atoms with van der Waals surface area (Å²) in [4.78, 5) is 15.7. The van der Waals surface area contributed by atoms with Crippen molar-refractivity contribution in [2.24, 2.45) is 17.8 Å². The average Bonchev–Trinajstić information content (AvgIpc) is 3.45. The molecule has 0 unspecified atom stereocenters. The number of carbonyl (C=O) groups excluding carboxylic acids is 1. The van der Waals surface area contributed by atoms with Gasteiger partial charge in [-0.05, 0) is 75.0 Å². The first-order chi connectivity index (χ1) is 13.8. The Morgan fingerprint density at radius 2 is 1.90 bits per heavy atom. The number of hydrogen-bond acceptors (Lipinski definition) is 4. The Balaban J connectivity index is 1.61. The maximum absolute atomic E-state index is 13.3. The molecule has 6 nitrogen and oxygen atoms in total. The molecule has 7 heteroatoms. The molecule has 3 fully saturated rings. The lowest BCUT2D eigenvalue weighted by Gasteiger charge is -2.29. The Morgan fingerprint density at radius 3 is 2.48 bits per heavy atom. The molecule has 1 amide bonds. The zero-order valence-corrected chi connectivity index (χ0v) is 18.5. The predicted octanol–water partition coefficient (Wildman–Crippen LogP) is 3.09. The van der Waals surface area contributed by atoms with Crippen molar-refractivity contribution in [2.45, 2.75) is 56.4 Å². The van der Waals surface area contributed by atoms with Gasteiger partial charge in [0, 0.05) is 38.9 Å². The highest BCUT2D eigenvalue weighted by atomic mass is 32.2. The molecule has 1 saturated heterocycles. The summed E-state index contributed by atoms with van der Waals surface area (Å²) in [5.74, 6) is 1.95. The summed E-state index contributed by atoms with van der Waals surface area (Å²) >= 11 is 0. The number of nitrogens with zero attached hydrogens (tertiary/aromatic N) is 2. The molecule has 3 aliphatic rings. The molecule has 4 rings (SSSR count). The Hall–Kier alpha value is -1.60.